The second-order valence-electron chi connectivity index (χ2n) is 7.16. The summed E-state index contributed by atoms with van der Waals surface area (Å²) in [6.45, 7) is 8.82. The van der Waals surface area contributed by atoms with Crippen LogP contribution in [0.4, 0.5) is 0 Å². The molecule has 1 aliphatic rings. The normalized spacial score (nSPS) is 16.5. The lowest BCUT2D eigenvalue weighted by Gasteiger charge is -2.12. The summed E-state index contributed by atoms with van der Waals surface area (Å²) in [6, 6.07) is 8.39. The predicted octanol–water partition coefficient (Wildman–Crippen LogP) is 2.97. The number of nitrogens with zero attached hydrogens (tertiary/aromatic N) is 1. The predicted molar refractivity (Wildman–Crippen MR) is 116 cm³/mol. The second-order valence-corrected chi connectivity index (χ2v) is 7.16. The van der Waals surface area contributed by atoms with Gasteiger partial charge in [-0.15, -0.1) is 0 Å². The number of benzene rings is 1. The zero-order chi connectivity index (χ0) is 19.6. The van der Waals surface area contributed by atoms with E-state index in [4.69, 9.17) is 10.5 Å². The maximum absolute atomic E-state index is 5.79. The first-order valence-corrected chi connectivity index (χ1v) is 9.88. The van der Waals surface area contributed by atoms with Gasteiger partial charge in [0.15, 0.2) is 0 Å². The van der Waals surface area contributed by atoms with Gasteiger partial charge in [-0.2, -0.15) is 0 Å². The van der Waals surface area contributed by atoms with Crippen LogP contribution in [0.5, 0.6) is 5.75 Å². The van der Waals surface area contributed by atoms with Crippen molar-refractivity contribution in [2.45, 2.75) is 19.5 Å². The Bertz CT molecular complexity index is 797. The van der Waals surface area contributed by atoms with Crippen molar-refractivity contribution in [3.63, 3.8) is 0 Å². The van der Waals surface area contributed by atoms with Crippen LogP contribution in [0.3, 0.4) is 0 Å². The average Bonchev–Trinajstić information content (AvgIpc) is 3.24. The van der Waals surface area contributed by atoms with E-state index < -0.39 is 0 Å². The van der Waals surface area contributed by atoms with Gasteiger partial charge < -0.3 is 21.1 Å². The van der Waals surface area contributed by atoms with E-state index in [1.807, 2.05) is 12.3 Å². The van der Waals surface area contributed by atoms with Crippen LogP contribution < -0.4 is 21.1 Å². The minimum Gasteiger partial charge on any atom is -0.490 e. The Morgan fingerprint density at radius 1 is 1.18 bits per heavy atom. The van der Waals surface area contributed by atoms with Gasteiger partial charge in [0.25, 0.3) is 0 Å². The van der Waals surface area contributed by atoms with Crippen LogP contribution in [-0.2, 0) is 13.1 Å². The van der Waals surface area contributed by atoms with E-state index in [2.05, 4.69) is 52.5 Å². The molecule has 148 valence electrons. The Labute approximate surface area is 167 Å². The molecule has 1 aliphatic heterocycles. The standard InChI is InChI=1S/C23H30N4O/c1-2-7-28-23-10-18(3-4-19-9-22(12-24)17-26-13-19)8-21(11-23)16-27-15-20-5-6-25-14-20/h2-4,8-11,13,17,20,25,27H,1,5-7,12,14-16,24H2/b4-3+. The van der Waals surface area contributed by atoms with Crippen LogP contribution >= 0.6 is 0 Å². The van der Waals surface area contributed by atoms with Crippen molar-refractivity contribution in [2.24, 2.45) is 11.7 Å². The zero-order valence-corrected chi connectivity index (χ0v) is 16.4. The number of aromatic nitrogens is 1. The fraction of sp³-hybridized carbons (Fsp3) is 0.348. The highest BCUT2D eigenvalue weighted by Gasteiger charge is 2.13. The molecule has 0 amide bonds. The molecule has 1 atom stereocenters. The second kappa shape index (κ2) is 10.8. The summed E-state index contributed by atoms with van der Waals surface area (Å²) in [7, 11) is 0. The summed E-state index contributed by atoms with van der Waals surface area (Å²) in [5.74, 6) is 1.58. The molecule has 3 rings (SSSR count). The molecule has 0 spiro atoms. The lowest BCUT2D eigenvalue weighted by molar-refractivity contribution is 0.362. The highest BCUT2D eigenvalue weighted by Crippen LogP contribution is 2.20. The Hall–Kier alpha value is -2.47. The topological polar surface area (TPSA) is 72.2 Å². The van der Waals surface area contributed by atoms with Gasteiger partial charge in [-0.1, -0.05) is 30.9 Å². The van der Waals surface area contributed by atoms with E-state index in [0.29, 0.717) is 13.2 Å². The SMILES string of the molecule is C=CCOc1cc(/C=C/c2cncc(CN)c2)cc(CNCC2CCNC2)c1. The number of nitrogens with two attached hydrogens (primary N) is 1. The van der Waals surface area contributed by atoms with Gasteiger partial charge in [0, 0.05) is 25.5 Å². The van der Waals surface area contributed by atoms with Gasteiger partial charge in [0.05, 0.1) is 0 Å². The third-order valence-corrected chi connectivity index (χ3v) is 4.80. The molecule has 0 bridgehead atoms. The summed E-state index contributed by atoms with van der Waals surface area (Å²) in [5.41, 5.74) is 10.1. The summed E-state index contributed by atoms with van der Waals surface area (Å²) in [4.78, 5) is 4.24. The zero-order valence-electron chi connectivity index (χ0n) is 16.4. The first-order valence-electron chi connectivity index (χ1n) is 9.88. The van der Waals surface area contributed by atoms with E-state index in [0.717, 1.165) is 54.5 Å². The first-order chi connectivity index (χ1) is 13.8. The molecular weight excluding hydrogens is 348 g/mol. The van der Waals surface area contributed by atoms with E-state index >= 15 is 0 Å². The number of hydrogen-bond acceptors (Lipinski definition) is 5. The van der Waals surface area contributed by atoms with Crippen LogP contribution in [-0.4, -0.2) is 31.2 Å². The fourth-order valence-electron chi connectivity index (χ4n) is 3.34. The molecule has 1 unspecified atom stereocenters. The lowest BCUT2D eigenvalue weighted by Crippen LogP contribution is -2.24. The summed E-state index contributed by atoms with van der Waals surface area (Å²) >= 11 is 0. The maximum Gasteiger partial charge on any atom is 0.120 e. The van der Waals surface area contributed by atoms with Crippen molar-refractivity contribution < 1.29 is 4.74 Å². The molecule has 1 aromatic heterocycles. The summed E-state index contributed by atoms with van der Waals surface area (Å²) in [5, 5.41) is 6.99. The monoisotopic (exact) mass is 378 g/mol. The van der Waals surface area contributed by atoms with Crippen LogP contribution in [0.1, 0.15) is 28.7 Å². The van der Waals surface area contributed by atoms with Crippen molar-refractivity contribution in [3.8, 4) is 5.75 Å². The number of pyridine rings is 1. The molecule has 5 nitrogen and oxygen atoms in total. The third kappa shape index (κ3) is 6.30. The Morgan fingerprint density at radius 3 is 2.82 bits per heavy atom. The molecular formula is C23H30N4O. The highest BCUT2D eigenvalue weighted by molar-refractivity contribution is 5.70. The maximum atomic E-state index is 5.79. The number of nitrogens with one attached hydrogen (secondary N) is 2. The lowest BCUT2D eigenvalue weighted by atomic mass is 10.1. The fourth-order valence-corrected chi connectivity index (χ4v) is 3.34. The number of ether oxygens (including phenoxy) is 1. The Morgan fingerprint density at radius 2 is 2.04 bits per heavy atom. The van der Waals surface area contributed by atoms with E-state index in [1.165, 1.54) is 12.0 Å². The molecule has 28 heavy (non-hydrogen) atoms. The first kappa shape index (κ1) is 20.3. The van der Waals surface area contributed by atoms with Gasteiger partial charge in [0.1, 0.15) is 12.4 Å². The minimum absolute atomic E-state index is 0.492. The van der Waals surface area contributed by atoms with Crippen LogP contribution in [0.25, 0.3) is 12.2 Å². The van der Waals surface area contributed by atoms with Crippen molar-refractivity contribution in [3.05, 3.63) is 71.6 Å². The van der Waals surface area contributed by atoms with Gasteiger partial charge in [0.2, 0.25) is 0 Å². The van der Waals surface area contributed by atoms with Crippen LogP contribution in [0, 0.1) is 5.92 Å². The highest BCUT2D eigenvalue weighted by atomic mass is 16.5. The largest absolute Gasteiger partial charge is 0.490 e. The van der Waals surface area contributed by atoms with Gasteiger partial charge in [-0.05, 0) is 72.4 Å². The van der Waals surface area contributed by atoms with Crippen molar-refractivity contribution in [1.29, 1.82) is 0 Å². The Balaban J connectivity index is 1.70. The Kier molecular flexibility index (Phi) is 7.79. The van der Waals surface area contributed by atoms with Gasteiger partial charge in [-0.3, -0.25) is 4.98 Å². The van der Waals surface area contributed by atoms with Crippen molar-refractivity contribution in [1.82, 2.24) is 15.6 Å². The molecule has 2 aromatic rings. The molecule has 0 aliphatic carbocycles. The van der Waals surface area contributed by atoms with Crippen LogP contribution in [0.15, 0.2) is 49.3 Å². The molecule has 1 aromatic carbocycles. The molecule has 1 saturated heterocycles. The summed E-state index contributed by atoms with van der Waals surface area (Å²) in [6.07, 6.45) is 10.8. The summed E-state index contributed by atoms with van der Waals surface area (Å²) < 4.78 is 5.79. The number of hydrogen-bond donors (Lipinski definition) is 3. The molecule has 2 heterocycles. The smallest absolute Gasteiger partial charge is 0.120 e. The molecule has 1 fully saturated rings. The van der Waals surface area contributed by atoms with Gasteiger partial charge in [-0.25, -0.2) is 0 Å². The molecule has 0 radical (unpaired) electrons. The average molecular weight is 379 g/mol. The van der Waals surface area contributed by atoms with E-state index in [-0.39, 0.29) is 0 Å². The van der Waals surface area contributed by atoms with E-state index in [9.17, 15) is 0 Å². The molecule has 5 heteroatoms. The molecule has 4 N–H and O–H groups in total. The van der Waals surface area contributed by atoms with Gasteiger partial charge >= 0.3 is 0 Å². The van der Waals surface area contributed by atoms with Crippen molar-refractivity contribution >= 4 is 12.2 Å². The minimum atomic E-state index is 0.492. The molecule has 0 saturated carbocycles. The third-order valence-electron chi connectivity index (χ3n) is 4.80. The van der Waals surface area contributed by atoms with E-state index in [1.54, 1.807) is 12.3 Å². The van der Waals surface area contributed by atoms with Crippen molar-refractivity contribution in [2.75, 3.05) is 26.2 Å². The van der Waals surface area contributed by atoms with Crippen LogP contribution in [0.2, 0.25) is 0 Å². The quantitative estimate of drug-likeness (QED) is 0.555. The number of rotatable bonds is 10.